The van der Waals surface area contributed by atoms with Crippen molar-refractivity contribution in [3.63, 3.8) is 0 Å². The number of nitrogen functional groups attached to an aromatic ring is 1. The van der Waals surface area contributed by atoms with Gasteiger partial charge in [-0.05, 0) is 25.2 Å². The van der Waals surface area contributed by atoms with Crippen molar-refractivity contribution in [2.75, 3.05) is 25.4 Å². The molecule has 0 aromatic carbocycles. The second kappa shape index (κ2) is 5.32. The summed E-state index contributed by atoms with van der Waals surface area (Å²) in [5.74, 6) is 1.02. The maximum atomic E-state index is 5.46. The molecule has 0 aliphatic carbocycles. The minimum absolute atomic E-state index is 0.757. The number of hydrogen-bond acceptors (Lipinski definition) is 4. The van der Waals surface area contributed by atoms with E-state index < -0.39 is 0 Å². The molecule has 2 bridgehead atoms. The van der Waals surface area contributed by atoms with Crippen LogP contribution >= 0.6 is 0 Å². The number of nitrogens with one attached hydrogen (secondary N) is 2. The molecule has 2 aliphatic rings. The van der Waals surface area contributed by atoms with Gasteiger partial charge < -0.3 is 5.73 Å². The Morgan fingerprint density at radius 2 is 2.44 bits per heavy atom. The van der Waals surface area contributed by atoms with Crippen LogP contribution in [0.4, 0.5) is 5.69 Å². The second-order valence-corrected chi connectivity index (χ2v) is 4.45. The summed E-state index contributed by atoms with van der Waals surface area (Å²) in [6.07, 6.45) is 5.37. The van der Waals surface area contributed by atoms with Crippen molar-refractivity contribution in [1.82, 2.24) is 20.6 Å². The third-order valence-corrected chi connectivity index (χ3v) is 3.28. The van der Waals surface area contributed by atoms with Gasteiger partial charge in [-0.15, -0.1) is 0 Å². The normalized spacial score (nSPS) is 27.3. The lowest BCUT2D eigenvalue weighted by Gasteiger charge is -2.22. The van der Waals surface area contributed by atoms with Crippen LogP contribution in [0.3, 0.4) is 0 Å². The van der Waals surface area contributed by atoms with Gasteiger partial charge in [0, 0.05) is 19.6 Å². The van der Waals surface area contributed by atoms with Crippen LogP contribution in [0.15, 0.2) is 6.20 Å². The molecular weight excluding hydrogens is 202 g/mol. The number of nitrogens with two attached hydrogens (primary N) is 1. The van der Waals surface area contributed by atoms with E-state index in [0.29, 0.717) is 0 Å². The molecule has 3 rings (SSSR count). The predicted molar refractivity (Wildman–Crippen MR) is 64.7 cm³/mol. The van der Waals surface area contributed by atoms with E-state index in [1.165, 1.54) is 32.5 Å². The quantitative estimate of drug-likeness (QED) is 0.658. The molecule has 2 atom stereocenters. The molecule has 0 amide bonds. The monoisotopic (exact) mass is 223 g/mol. The number of nitrogens with zero attached hydrogens (tertiary/aromatic N) is 2. The first-order valence-corrected chi connectivity index (χ1v) is 6.05. The number of aromatic nitrogens is 2. The van der Waals surface area contributed by atoms with E-state index in [0.717, 1.165) is 23.7 Å². The Hall–Kier alpha value is -1.07. The van der Waals surface area contributed by atoms with Crippen molar-refractivity contribution in [2.24, 2.45) is 5.92 Å². The highest BCUT2D eigenvalue weighted by Crippen LogP contribution is 2.20. The minimum atomic E-state index is 0.757. The Balaban J connectivity index is 0.000000120. The zero-order chi connectivity index (χ0) is 11.4. The Labute approximate surface area is 96.4 Å². The van der Waals surface area contributed by atoms with E-state index in [1.807, 2.05) is 6.92 Å². The lowest BCUT2D eigenvalue weighted by Crippen LogP contribution is -2.40. The van der Waals surface area contributed by atoms with E-state index in [-0.39, 0.29) is 0 Å². The summed E-state index contributed by atoms with van der Waals surface area (Å²) >= 11 is 0. The molecule has 2 aliphatic heterocycles. The summed E-state index contributed by atoms with van der Waals surface area (Å²) in [6.45, 7) is 5.83. The molecule has 2 fully saturated rings. The lowest BCUT2D eigenvalue weighted by molar-refractivity contribution is 0.190. The Morgan fingerprint density at radius 1 is 1.56 bits per heavy atom. The van der Waals surface area contributed by atoms with E-state index in [4.69, 9.17) is 5.73 Å². The van der Waals surface area contributed by atoms with E-state index >= 15 is 0 Å². The second-order valence-electron chi connectivity index (χ2n) is 4.45. The third kappa shape index (κ3) is 2.74. The first-order chi connectivity index (χ1) is 7.79. The van der Waals surface area contributed by atoms with E-state index in [9.17, 15) is 0 Å². The first kappa shape index (κ1) is 11.4. The maximum absolute atomic E-state index is 5.46. The van der Waals surface area contributed by atoms with Gasteiger partial charge in [-0.2, -0.15) is 5.10 Å². The van der Waals surface area contributed by atoms with Crippen LogP contribution in [0, 0.1) is 5.92 Å². The van der Waals surface area contributed by atoms with Crippen LogP contribution in [0.25, 0.3) is 0 Å². The van der Waals surface area contributed by atoms with Gasteiger partial charge in [0.25, 0.3) is 0 Å². The predicted octanol–water partition coefficient (Wildman–Crippen LogP) is 0.771. The van der Waals surface area contributed by atoms with Crippen molar-refractivity contribution in [3.05, 3.63) is 11.9 Å². The van der Waals surface area contributed by atoms with Crippen molar-refractivity contribution in [2.45, 2.75) is 26.2 Å². The molecule has 0 radical (unpaired) electrons. The summed E-state index contributed by atoms with van der Waals surface area (Å²) < 4.78 is 0. The zero-order valence-corrected chi connectivity index (χ0v) is 9.87. The average Bonchev–Trinajstić information content (AvgIpc) is 2.86. The van der Waals surface area contributed by atoms with Crippen LogP contribution in [0.5, 0.6) is 0 Å². The fourth-order valence-electron chi connectivity index (χ4n) is 2.24. The molecule has 1 aromatic rings. The van der Waals surface area contributed by atoms with Gasteiger partial charge in [-0.25, -0.2) is 5.01 Å². The summed E-state index contributed by atoms with van der Waals surface area (Å²) in [6, 6.07) is 0. The molecule has 5 heteroatoms. The van der Waals surface area contributed by atoms with Crippen LogP contribution in [-0.4, -0.2) is 34.8 Å². The van der Waals surface area contributed by atoms with Gasteiger partial charge in [0.15, 0.2) is 0 Å². The average molecular weight is 223 g/mol. The summed E-state index contributed by atoms with van der Waals surface area (Å²) in [4.78, 5) is 0. The van der Waals surface area contributed by atoms with Crippen molar-refractivity contribution in [1.29, 1.82) is 0 Å². The van der Waals surface area contributed by atoms with Gasteiger partial charge in [0.2, 0.25) is 0 Å². The summed E-state index contributed by atoms with van der Waals surface area (Å²) in [5, 5.41) is 8.86. The zero-order valence-electron chi connectivity index (χ0n) is 9.87. The standard InChI is InChI=1S/C6H12N2.C5H9N3/c1-3-7-8-4-2-6(1)5-8;1-2-5-4(6)3-7-8-5/h6-7H,1-5H2;3H,2,6H2,1H3,(H,7,8). The third-order valence-electron chi connectivity index (χ3n) is 3.28. The van der Waals surface area contributed by atoms with Gasteiger partial charge in [-0.3, -0.25) is 10.5 Å². The number of hydrazine groups is 1. The van der Waals surface area contributed by atoms with E-state index in [1.54, 1.807) is 6.20 Å². The molecule has 0 saturated carbocycles. The molecule has 16 heavy (non-hydrogen) atoms. The molecular formula is C11H21N5. The molecule has 3 heterocycles. The Kier molecular flexibility index (Phi) is 3.79. The molecule has 4 N–H and O–H groups in total. The largest absolute Gasteiger partial charge is 0.396 e. The molecule has 1 aromatic heterocycles. The van der Waals surface area contributed by atoms with Crippen molar-refractivity contribution >= 4 is 5.69 Å². The fraction of sp³-hybridized carbons (Fsp3) is 0.727. The SMILES string of the molecule is C1CC2CCN(C2)N1.CCc1[nH]ncc1N. The Bertz CT molecular complexity index is 308. The van der Waals surface area contributed by atoms with Crippen LogP contribution in [0.1, 0.15) is 25.5 Å². The van der Waals surface area contributed by atoms with Gasteiger partial charge in [-0.1, -0.05) is 6.92 Å². The number of anilines is 1. The number of fused-ring (bicyclic) bond motifs is 2. The highest BCUT2D eigenvalue weighted by molar-refractivity contribution is 5.39. The number of rotatable bonds is 1. The highest BCUT2D eigenvalue weighted by atomic mass is 15.5. The highest BCUT2D eigenvalue weighted by Gasteiger charge is 2.25. The van der Waals surface area contributed by atoms with E-state index in [2.05, 4.69) is 20.6 Å². The summed E-state index contributed by atoms with van der Waals surface area (Å²) in [5.41, 5.74) is 10.6. The number of aromatic amines is 1. The Morgan fingerprint density at radius 3 is 2.94 bits per heavy atom. The number of H-pyrrole nitrogens is 1. The van der Waals surface area contributed by atoms with Crippen molar-refractivity contribution < 1.29 is 0 Å². The van der Waals surface area contributed by atoms with Gasteiger partial charge in [0.05, 0.1) is 17.6 Å². The lowest BCUT2D eigenvalue weighted by atomic mass is 10.1. The number of aryl methyl sites for hydroxylation is 1. The molecule has 0 spiro atoms. The first-order valence-electron chi connectivity index (χ1n) is 6.05. The van der Waals surface area contributed by atoms with Crippen LogP contribution in [-0.2, 0) is 6.42 Å². The molecule has 2 unspecified atom stereocenters. The van der Waals surface area contributed by atoms with Crippen LogP contribution < -0.4 is 11.2 Å². The molecule has 2 saturated heterocycles. The number of hydrogen-bond donors (Lipinski definition) is 3. The maximum Gasteiger partial charge on any atom is 0.0730 e. The minimum Gasteiger partial charge on any atom is -0.396 e. The molecule has 5 nitrogen and oxygen atoms in total. The van der Waals surface area contributed by atoms with Gasteiger partial charge in [0.1, 0.15) is 0 Å². The van der Waals surface area contributed by atoms with Crippen molar-refractivity contribution in [3.8, 4) is 0 Å². The fourth-order valence-corrected chi connectivity index (χ4v) is 2.24. The van der Waals surface area contributed by atoms with Crippen LogP contribution in [0.2, 0.25) is 0 Å². The topological polar surface area (TPSA) is 70.0 Å². The van der Waals surface area contributed by atoms with Gasteiger partial charge >= 0.3 is 0 Å². The summed E-state index contributed by atoms with van der Waals surface area (Å²) in [7, 11) is 0. The molecule has 90 valence electrons. The smallest absolute Gasteiger partial charge is 0.0730 e.